The zero-order valence-corrected chi connectivity index (χ0v) is 14.1. The molecule has 2 aromatic rings. The maximum atomic E-state index is 12.6. The number of aromatic nitrogens is 1. The van der Waals surface area contributed by atoms with Crippen LogP contribution in [-0.2, 0) is 4.79 Å². The summed E-state index contributed by atoms with van der Waals surface area (Å²) >= 11 is 0. The Morgan fingerprint density at radius 3 is 2.80 bits per heavy atom. The predicted octanol–water partition coefficient (Wildman–Crippen LogP) is 1.74. The maximum Gasteiger partial charge on any atom is 0.257 e. The van der Waals surface area contributed by atoms with Crippen LogP contribution in [0.15, 0.2) is 30.5 Å². The second-order valence-corrected chi connectivity index (χ2v) is 5.42. The van der Waals surface area contributed by atoms with E-state index in [0.717, 1.165) is 0 Å². The second kappa shape index (κ2) is 6.68. The highest BCUT2D eigenvalue weighted by Crippen LogP contribution is 2.30. The zero-order chi connectivity index (χ0) is 18.0. The van der Waals surface area contributed by atoms with Crippen LogP contribution in [-0.4, -0.2) is 44.6 Å². The average Bonchev–Trinajstić information content (AvgIpc) is 2.64. The van der Waals surface area contributed by atoms with Gasteiger partial charge in [0.05, 0.1) is 37.7 Å². The molecule has 3 rings (SSSR count). The van der Waals surface area contributed by atoms with Gasteiger partial charge in [0, 0.05) is 19.3 Å². The summed E-state index contributed by atoms with van der Waals surface area (Å²) in [6, 6.07) is 6.73. The minimum atomic E-state index is -0.367. The Morgan fingerprint density at radius 2 is 2.08 bits per heavy atom. The van der Waals surface area contributed by atoms with Crippen molar-refractivity contribution in [1.29, 1.82) is 0 Å². The molecule has 0 atom stereocenters. The van der Waals surface area contributed by atoms with E-state index in [2.05, 4.69) is 15.6 Å². The molecule has 130 valence electrons. The quantitative estimate of drug-likeness (QED) is 0.879. The molecular formula is C17H18N4O4. The minimum Gasteiger partial charge on any atom is -0.497 e. The first-order chi connectivity index (χ1) is 12.0. The smallest absolute Gasteiger partial charge is 0.257 e. The number of nitrogens with one attached hydrogen (secondary N) is 2. The first kappa shape index (κ1) is 16.6. The number of likely N-dealkylation sites (N-methyl/N-ethyl adjacent to an activating group) is 1. The Hall–Kier alpha value is -3.29. The van der Waals surface area contributed by atoms with E-state index in [1.165, 1.54) is 18.2 Å². The molecule has 0 aliphatic carbocycles. The lowest BCUT2D eigenvalue weighted by Gasteiger charge is -2.26. The van der Waals surface area contributed by atoms with Crippen molar-refractivity contribution in [3.8, 4) is 11.5 Å². The summed E-state index contributed by atoms with van der Waals surface area (Å²) in [6.45, 7) is 0.184. The fourth-order valence-corrected chi connectivity index (χ4v) is 2.49. The number of hydrogen-bond acceptors (Lipinski definition) is 6. The first-order valence-electron chi connectivity index (χ1n) is 7.57. The average molecular weight is 342 g/mol. The summed E-state index contributed by atoms with van der Waals surface area (Å²) < 4.78 is 10.4. The molecule has 1 aromatic carbocycles. The number of amides is 2. The molecule has 1 aliphatic rings. The molecule has 2 N–H and O–H groups in total. The van der Waals surface area contributed by atoms with Gasteiger partial charge in [-0.15, -0.1) is 0 Å². The van der Waals surface area contributed by atoms with Gasteiger partial charge in [-0.3, -0.25) is 9.59 Å². The lowest BCUT2D eigenvalue weighted by Crippen LogP contribution is -2.37. The third-order valence-corrected chi connectivity index (χ3v) is 3.93. The number of rotatable bonds is 4. The van der Waals surface area contributed by atoms with Gasteiger partial charge in [0.2, 0.25) is 5.91 Å². The van der Waals surface area contributed by atoms with Crippen LogP contribution in [0.1, 0.15) is 10.4 Å². The lowest BCUT2D eigenvalue weighted by atomic mass is 10.2. The fraction of sp³-hybridized carbons (Fsp3) is 0.235. The number of methoxy groups -OCH3 is 2. The van der Waals surface area contributed by atoms with Crippen molar-refractivity contribution in [3.63, 3.8) is 0 Å². The molecule has 0 saturated carbocycles. The number of nitrogens with zero attached hydrogens (tertiary/aromatic N) is 2. The summed E-state index contributed by atoms with van der Waals surface area (Å²) in [4.78, 5) is 30.1. The molecular weight excluding hydrogens is 324 g/mol. The number of pyridine rings is 1. The number of ether oxygens (including phenoxy) is 2. The normalized spacial score (nSPS) is 12.9. The van der Waals surface area contributed by atoms with Gasteiger partial charge in [-0.2, -0.15) is 0 Å². The van der Waals surface area contributed by atoms with Gasteiger partial charge in [0.25, 0.3) is 5.91 Å². The highest BCUT2D eigenvalue weighted by atomic mass is 16.5. The van der Waals surface area contributed by atoms with E-state index in [1.54, 1.807) is 38.4 Å². The Balaban J connectivity index is 1.89. The van der Waals surface area contributed by atoms with Gasteiger partial charge in [-0.25, -0.2) is 4.98 Å². The monoisotopic (exact) mass is 342 g/mol. The van der Waals surface area contributed by atoms with E-state index in [9.17, 15) is 9.59 Å². The van der Waals surface area contributed by atoms with E-state index in [4.69, 9.17) is 9.47 Å². The third-order valence-electron chi connectivity index (χ3n) is 3.93. The van der Waals surface area contributed by atoms with Crippen LogP contribution in [0.25, 0.3) is 0 Å². The molecule has 25 heavy (non-hydrogen) atoms. The molecule has 1 aliphatic heterocycles. The number of anilines is 3. The Labute approximate surface area is 144 Å². The Kier molecular flexibility index (Phi) is 4.42. The van der Waals surface area contributed by atoms with Crippen LogP contribution < -0.4 is 25.0 Å². The minimum absolute atomic E-state index is 0.0960. The van der Waals surface area contributed by atoms with Crippen LogP contribution >= 0.6 is 0 Å². The highest BCUT2D eigenvalue weighted by Gasteiger charge is 2.23. The van der Waals surface area contributed by atoms with Gasteiger partial charge < -0.3 is 25.0 Å². The van der Waals surface area contributed by atoms with Gasteiger partial charge in [-0.1, -0.05) is 0 Å². The molecule has 1 aromatic heterocycles. The maximum absolute atomic E-state index is 12.6. The van der Waals surface area contributed by atoms with Crippen molar-refractivity contribution in [1.82, 2.24) is 4.98 Å². The number of carbonyl (C=O) groups excluding carboxylic acids is 2. The molecule has 0 bridgehead atoms. The van der Waals surface area contributed by atoms with Gasteiger partial charge in [0.15, 0.2) is 0 Å². The van der Waals surface area contributed by atoms with Crippen LogP contribution in [0.3, 0.4) is 0 Å². The summed E-state index contributed by atoms with van der Waals surface area (Å²) in [5.41, 5.74) is 1.36. The molecule has 0 spiro atoms. The summed E-state index contributed by atoms with van der Waals surface area (Å²) in [5.74, 6) is 1.20. The number of hydrogen-bond donors (Lipinski definition) is 2. The molecule has 0 fully saturated rings. The van der Waals surface area contributed by atoms with Crippen molar-refractivity contribution < 1.29 is 19.1 Å². The van der Waals surface area contributed by atoms with E-state index in [0.29, 0.717) is 34.3 Å². The third kappa shape index (κ3) is 3.18. The summed E-state index contributed by atoms with van der Waals surface area (Å²) in [5, 5.41) is 5.70. The van der Waals surface area contributed by atoms with E-state index < -0.39 is 0 Å². The zero-order valence-electron chi connectivity index (χ0n) is 14.1. The van der Waals surface area contributed by atoms with Crippen molar-refractivity contribution in [2.75, 3.05) is 43.3 Å². The second-order valence-electron chi connectivity index (χ2n) is 5.42. The van der Waals surface area contributed by atoms with E-state index in [-0.39, 0.29) is 18.4 Å². The van der Waals surface area contributed by atoms with Crippen molar-refractivity contribution in [3.05, 3.63) is 36.0 Å². The number of carbonyl (C=O) groups is 2. The molecule has 2 heterocycles. The molecule has 0 unspecified atom stereocenters. The summed E-state index contributed by atoms with van der Waals surface area (Å²) in [6.07, 6.45) is 1.46. The molecule has 2 amide bonds. The molecule has 0 saturated heterocycles. The highest BCUT2D eigenvalue weighted by molar-refractivity contribution is 6.08. The van der Waals surface area contributed by atoms with Crippen LogP contribution in [0.2, 0.25) is 0 Å². The number of benzene rings is 1. The molecule has 0 radical (unpaired) electrons. The first-order valence-corrected chi connectivity index (χ1v) is 7.57. The topological polar surface area (TPSA) is 92.8 Å². The SMILES string of the molecule is COc1ccc(OC)c(NC(=O)c2cnc3c(c2)N(C)C(=O)CN3)c1. The van der Waals surface area contributed by atoms with E-state index >= 15 is 0 Å². The Morgan fingerprint density at radius 1 is 1.28 bits per heavy atom. The van der Waals surface area contributed by atoms with E-state index in [1.807, 2.05) is 0 Å². The molecule has 8 nitrogen and oxygen atoms in total. The van der Waals surface area contributed by atoms with Gasteiger partial charge in [0.1, 0.15) is 17.3 Å². The lowest BCUT2D eigenvalue weighted by molar-refractivity contribution is -0.116. The van der Waals surface area contributed by atoms with Gasteiger partial charge >= 0.3 is 0 Å². The van der Waals surface area contributed by atoms with Crippen molar-refractivity contribution >= 4 is 29.0 Å². The fourth-order valence-electron chi connectivity index (χ4n) is 2.49. The van der Waals surface area contributed by atoms with Gasteiger partial charge in [-0.05, 0) is 18.2 Å². The summed E-state index contributed by atoms with van der Waals surface area (Å²) in [7, 11) is 4.71. The van der Waals surface area contributed by atoms with Crippen molar-refractivity contribution in [2.45, 2.75) is 0 Å². The molecule has 8 heteroatoms. The Bertz CT molecular complexity index is 837. The van der Waals surface area contributed by atoms with Crippen LogP contribution in [0.5, 0.6) is 11.5 Å². The van der Waals surface area contributed by atoms with Crippen molar-refractivity contribution in [2.24, 2.45) is 0 Å². The van der Waals surface area contributed by atoms with Crippen LogP contribution in [0.4, 0.5) is 17.2 Å². The van der Waals surface area contributed by atoms with Crippen LogP contribution in [0, 0.1) is 0 Å². The number of fused-ring (bicyclic) bond motifs is 1. The predicted molar refractivity (Wildman–Crippen MR) is 93.6 cm³/mol. The standard InChI is InChI=1S/C17H18N4O4/c1-21-13-6-10(8-18-16(13)19-9-15(21)22)17(23)20-12-7-11(24-2)4-5-14(12)25-3/h4-8H,9H2,1-3H3,(H,18,19)(H,20,23). The largest absolute Gasteiger partial charge is 0.497 e.